The van der Waals surface area contributed by atoms with Crippen LogP contribution in [0.15, 0.2) is 30.6 Å². The zero-order valence-electron chi connectivity index (χ0n) is 7.90. The second kappa shape index (κ2) is 3.45. The van der Waals surface area contributed by atoms with E-state index in [2.05, 4.69) is 9.97 Å². The van der Waals surface area contributed by atoms with E-state index in [0.717, 1.165) is 11.1 Å². The Balaban J connectivity index is 2.41. The third kappa shape index (κ3) is 1.80. The summed E-state index contributed by atoms with van der Waals surface area (Å²) in [7, 11) is 0. The summed E-state index contributed by atoms with van der Waals surface area (Å²) in [4.78, 5) is 17.5. The summed E-state index contributed by atoms with van der Waals surface area (Å²) < 4.78 is 0. The molecule has 1 amide bonds. The number of nitrogens with zero attached hydrogens (tertiary/aromatic N) is 1. The van der Waals surface area contributed by atoms with Crippen LogP contribution in [0.3, 0.4) is 0 Å². The fourth-order valence-electron chi connectivity index (χ4n) is 1.33. The van der Waals surface area contributed by atoms with Crippen molar-refractivity contribution in [2.75, 3.05) is 5.73 Å². The first kappa shape index (κ1) is 9.26. The lowest BCUT2D eigenvalue weighted by molar-refractivity contribution is 0.0996. The number of rotatable bonds is 2. The van der Waals surface area contributed by atoms with Crippen molar-refractivity contribution in [1.29, 1.82) is 0 Å². The summed E-state index contributed by atoms with van der Waals surface area (Å²) in [6, 6.07) is 5.22. The largest absolute Gasteiger partial charge is 0.384 e. The number of aromatic nitrogens is 2. The predicted molar refractivity (Wildman–Crippen MR) is 57.0 cm³/mol. The van der Waals surface area contributed by atoms with Gasteiger partial charge in [0.2, 0.25) is 0 Å². The first-order valence-corrected chi connectivity index (χ1v) is 4.37. The Morgan fingerprint density at radius 3 is 2.73 bits per heavy atom. The maximum Gasteiger partial charge on any atom is 0.265 e. The van der Waals surface area contributed by atoms with Crippen LogP contribution in [0, 0.1) is 0 Å². The van der Waals surface area contributed by atoms with E-state index in [-0.39, 0.29) is 0 Å². The number of hydrogen-bond acceptors (Lipinski definition) is 3. The lowest BCUT2D eigenvalue weighted by Crippen LogP contribution is -2.10. The Bertz CT molecular complexity index is 504. The van der Waals surface area contributed by atoms with Crippen molar-refractivity contribution in [3.8, 4) is 11.1 Å². The molecule has 0 aliphatic heterocycles. The molecule has 2 rings (SSSR count). The summed E-state index contributed by atoms with van der Waals surface area (Å²) in [6.07, 6.45) is 3.32. The number of nitrogens with one attached hydrogen (secondary N) is 1. The van der Waals surface area contributed by atoms with Crippen molar-refractivity contribution < 1.29 is 4.79 Å². The third-order valence-electron chi connectivity index (χ3n) is 2.06. The minimum absolute atomic E-state index is 0.375. The molecular weight excluding hydrogens is 192 g/mol. The van der Waals surface area contributed by atoms with Crippen LogP contribution in [-0.4, -0.2) is 15.9 Å². The van der Waals surface area contributed by atoms with Crippen LogP contribution < -0.4 is 11.5 Å². The highest BCUT2D eigenvalue weighted by atomic mass is 16.1. The lowest BCUT2D eigenvalue weighted by atomic mass is 10.1. The molecular formula is C10H10N4O. The quantitative estimate of drug-likeness (QED) is 0.670. The highest BCUT2D eigenvalue weighted by Crippen LogP contribution is 2.20. The van der Waals surface area contributed by atoms with Gasteiger partial charge >= 0.3 is 0 Å². The van der Waals surface area contributed by atoms with Gasteiger partial charge in [-0.1, -0.05) is 0 Å². The van der Waals surface area contributed by atoms with Crippen LogP contribution >= 0.6 is 0 Å². The molecule has 76 valence electrons. The number of pyridine rings is 1. The molecule has 0 saturated heterocycles. The number of nitrogens with two attached hydrogens (primary N) is 2. The fourth-order valence-corrected chi connectivity index (χ4v) is 1.33. The van der Waals surface area contributed by atoms with E-state index in [9.17, 15) is 4.79 Å². The molecule has 5 N–H and O–H groups in total. The zero-order valence-corrected chi connectivity index (χ0v) is 7.90. The molecule has 0 radical (unpaired) electrons. The number of hydrogen-bond donors (Lipinski definition) is 3. The molecule has 2 aromatic rings. The molecule has 0 saturated carbocycles. The van der Waals surface area contributed by atoms with Gasteiger partial charge < -0.3 is 16.5 Å². The van der Waals surface area contributed by atoms with Crippen LogP contribution in [-0.2, 0) is 0 Å². The van der Waals surface area contributed by atoms with E-state index < -0.39 is 5.91 Å². The monoisotopic (exact) mass is 202 g/mol. The minimum Gasteiger partial charge on any atom is -0.384 e. The Kier molecular flexibility index (Phi) is 2.13. The van der Waals surface area contributed by atoms with Gasteiger partial charge in [-0.3, -0.25) is 4.79 Å². The number of nitrogen functional groups attached to an aromatic ring is 1. The maximum atomic E-state index is 10.9. The van der Waals surface area contributed by atoms with Crippen LogP contribution in [0.25, 0.3) is 11.1 Å². The summed E-state index contributed by atoms with van der Waals surface area (Å²) >= 11 is 0. The van der Waals surface area contributed by atoms with Crippen molar-refractivity contribution in [1.82, 2.24) is 9.97 Å². The topological polar surface area (TPSA) is 97.8 Å². The lowest BCUT2D eigenvalue weighted by Gasteiger charge is -1.97. The highest BCUT2D eigenvalue weighted by Gasteiger charge is 2.05. The van der Waals surface area contributed by atoms with Crippen molar-refractivity contribution in [2.24, 2.45) is 5.73 Å². The number of anilines is 1. The molecule has 5 nitrogen and oxygen atoms in total. The SMILES string of the molecule is NC(=O)c1cc(-c2ccnc(N)c2)c[nH]1. The number of carbonyl (C=O) groups is 1. The van der Waals surface area contributed by atoms with Gasteiger partial charge in [-0.25, -0.2) is 4.98 Å². The number of primary amides is 1. The summed E-state index contributed by atoms with van der Waals surface area (Å²) in [5, 5.41) is 0. The Hall–Kier alpha value is -2.30. The normalized spacial score (nSPS) is 10.1. The highest BCUT2D eigenvalue weighted by molar-refractivity contribution is 5.92. The third-order valence-corrected chi connectivity index (χ3v) is 2.06. The average Bonchev–Trinajstić information content (AvgIpc) is 2.66. The maximum absolute atomic E-state index is 10.9. The molecule has 0 unspecified atom stereocenters. The van der Waals surface area contributed by atoms with Crippen LogP contribution in [0.2, 0.25) is 0 Å². The van der Waals surface area contributed by atoms with Gasteiger partial charge in [0.1, 0.15) is 11.5 Å². The molecule has 0 aromatic carbocycles. The van der Waals surface area contributed by atoms with Crippen LogP contribution in [0.4, 0.5) is 5.82 Å². The van der Waals surface area contributed by atoms with Crippen molar-refractivity contribution in [3.05, 3.63) is 36.3 Å². The Morgan fingerprint density at radius 1 is 1.33 bits per heavy atom. The van der Waals surface area contributed by atoms with Gasteiger partial charge in [0.15, 0.2) is 0 Å². The summed E-state index contributed by atoms with van der Waals surface area (Å²) in [5.41, 5.74) is 12.8. The van der Waals surface area contributed by atoms with Gasteiger partial charge in [0, 0.05) is 18.0 Å². The molecule has 5 heteroatoms. The van der Waals surface area contributed by atoms with Crippen LogP contribution in [0.5, 0.6) is 0 Å². The second-order valence-corrected chi connectivity index (χ2v) is 3.14. The molecule has 0 aliphatic rings. The molecule has 2 aromatic heterocycles. The molecule has 2 heterocycles. The molecule has 0 aliphatic carbocycles. The number of amides is 1. The van der Waals surface area contributed by atoms with E-state index >= 15 is 0 Å². The van der Waals surface area contributed by atoms with Gasteiger partial charge in [-0.15, -0.1) is 0 Å². The number of carbonyl (C=O) groups excluding carboxylic acids is 1. The smallest absolute Gasteiger partial charge is 0.265 e. The number of aromatic amines is 1. The first-order chi connectivity index (χ1) is 7.16. The van der Waals surface area contributed by atoms with Gasteiger partial charge in [0.05, 0.1) is 0 Å². The summed E-state index contributed by atoms with van der Waals surface area (Å²) in [6.45, 7) is 0. The van der Waals surface area contributed by atoms with Crippen LogP contribution in [0.1, 0.15) is 10.5 Å². The van der Waals surface area contributed by atoms with E-state index in [4.69, 9.17) is 11.5 Å². The average molecular weight is 202 g/mol. The van der Waals surface area contributed by atoms with E-state index in [0.29, 0.717) is 11.5 Å². The Morgan fingerprint density at radius 2 is 2.13 bits per heavy atom. The van der Waals surface area contributed by atoms with E-state index in [1.165, 1.54) is 0 Å². The number of H-pyrrole nitrogens is 1. The van der Waals surface area contributed by atoms with Gasteiger partial charge in [0.25, 0.3) is 5.91 Å². The molecule has 0 spiro atoms. The van der Waals surface area contributed by atoms with Crippen molar-refractivity contribution in [3.63, 3.8) is 0 Å². The van der Waals surface area contributed by atoms with E-state index in [1.807, 2.05) is 6.07 Å². The minimum atomic E-state index is -0.483. The van der Waals surface area contributed by atoms with Gasteiger partial charge in [-0.05, 0) is 23.8 Å². The predicted octanol–water partition coefficient (Wildman–Crippen LogP) is 0.758. The Labute approximate surface area is 86.1 Å². The van der Waals surface area contributed by atoms with E-state index in [1.54, 1.807) is 24.5 Å². The fraction of sp³-hybridized carbons (Fsp3) is 0. The second-order valence-electron chi connectivity index (χ2n) is 3.14. The molecule has 0 bridgehead atoms. The zero-order chi connectivity index (χ0) is 10.8. The van der Waals surface area contributed by atoms with Crippen molar-refractivity contribution in [2.45, 2.75) is 0 Å². The standard InChI is InChI=1S/C10H10N4O/c11-9-4-6(1-2-13-9)7-3-8(10(12)15)14-5-7/h1-5,14H,(H2,11,13)(H2,12,15). The molecule has 15 heavy (non-hydrogen) atoms. The summed E-state index contributed by atoms with van der Waals surface area (Å²) in [5.74, 6) is -0.0439. The first-order valence-electron chi connectivity index (χ1n) is 4.37. The van der Waals surface area contributed by atoms with Gasteiger partial charge in [-0.2, -0.15) is 0 Å². The van der Waals surface area contributed by atoms with Crippen molar-refractivity contribution >= 4 is 11.7 Å². The molecule has 0 atom stereocenters. The molecule has 0 fully saturated rings.